The summed E-state index contributed by atoms with van der Waals surface area (Å²) in [5, 5.41) is 19.2. The van der Waals surface area contributed by atoms with Crippen LogP contribution >= 0.6 is 11.3 Å². The molecule has 7 nitrogen and oxygen atoms in total. The van der Waals surface area contributed by atoms with E-state index in [0.717, 1.165) is 17.7 Å². The molecule has 0 saturated heterocycles. The van der Waals surface area contributed by atoms with Crippen LogP contribution in [0.2, 0.25) is 0 Å². The fourth-order valence-corrected chi connectivity index (χ4v) is 2.88. The molecule has 1 unspecified atom stereocenters. The number of hydrogen-bond acceptors (Lipinski definition) is 7. The van der Waals surface area contributed by atoms with Gasteiger partial charge in [-0.1, -0.05) is 19.4 Å². The highest BCUT2D eigenvalue weighted by Gasteiger charge is 2.24. The van der Waals surface area contributed by atoms with Crippen LogP contribution in [0.1, 0.15) is 30.7 Å². The van der Waals surface area contributed by atoms with Crippen molar-refractivity contribution in [1.82, 2.24) is 9.97 Å². The van der Waals surface area contributed by atoms with Crippen molar-refractivity contribution < 1.29 is 4.92 Å². The molecule has 2 aromatic heterocycles. The van der Waals surface area contributed by atoms with Crippen molar-refractivity contribution in [2.75, 3.05) is 17.7 Å². The number of hydrogen-bond donors (Lipinski definition) is 2. The molecular formula is C13H17N5O2S. The molecule has 21 heavy (non-hydrogen) atoms. The fourth-order valence-electron chi connectivity index (χ4n) is 2.07. The van der Waals surface area contributed by atoms with E-state index in [4.69, 9.17) is 0 Å². The number of rotatable bonds is 7. The lowest BCUT2D eigenvalue weighted by molar-refractivity contribution is -0.383. The Bertz CT molecular complexity index is 603. The lowest BCUT2D eigenvalue weighted by atomic mass is 10.1. The van der Waals surface area contributed by atoms with Crippen LogP contribution in [0.4, 0.5) is 17.3 Å². The molecule has 0 spiro atoms. The molecule has 2 N–H and O–H groups in total. The molecule has 2 heterocycles. The second kappa shape index (κ2) is 6.98. The molecule has 2 rings (SSSR count). The van der Waals surface area contributed by atoms with Gasteiger partial charge < -0.3 is 10.6 Å². The van der Waals surface area contributed by atoms with Crippen LogP contribution < -0.4 is 10.6 Å². The molecule has 0 aliphatic carbocycles. The Labute approximate surface area is 126 Å². The molecule has 1 atom stereocenters. The predicted molar refractivity (Wildman–Crippen MR) is 83.8 cm³/mol. The van der Waals surface area contributed by atoms with Gasteiger partial charge in [-0.2, -0.15) is 0 Å². The normalized spacial score (nSPS) is 11.9. The van der Waals surface area contributed by atoms with Crippen LogP contribution in [0.25, 0.3) is 0 Å². The van der Waals surface area contributed by atoms with E-state index < -0.39 is 4.92 Å². The summed E-state index contributed by atoms with van der Waals surface area (Å²) in [5.74, 6) is 0.449. The fraction of sp³-hybridized carbons (Fsp3) is 0.385. The van der Waals surface area contributed by atoms with Gasteiger partial charge in [-0.15, -0.1) is 11.3 Å². The van der Waals surface area contributed by atoms with Crippen LogP contribution in [-0.4, -0.2) is 21.9 Å². The van der Waals surface area contributed by atoms with Gasteiger partial charge in [0.15, 0.2) is 0 Å². The minimum Gasteiger partial charge on any atom is -0.367 e. The Kier molecular flexibility index (Phi) is 5.04. The lowest BCUT2D eigenvalue weighted by Gasteiger charge is -2.17. The molecule has 112 valence electrons. The van der Waals surface area contributed by atoms with Crippen molar-refractivity contribution >= 4 is 28.7 Å². The van der Waals surface area contributed by atoms with Crippen LogP contribution in [0, 0.1) is 10.1 Å². The van der Waals surface area contributed by atoms with Gasteiger partial charge in [0.25, 0.3) is 0 Å². The summed E-state index contributed by atoms with van der Waals surface area (Å²) < 4.78 is 0. The van der Waals surface area contributed by atoms with E-state index in [9.17, 15) is 10.1 Å². The van der Waals surface area contributed by atoms with Crippen LogP contribution in [0.5, 0.6) is 0 Å². The van der Waals surface area contributed by atoms with Crippen molar-refractivity contribution in [3.63, 3.8) is 0 Å². The third-order valence-electron chi connectivity index (χ3n) is 3.02. The van der Waals surface area contributed by atoms with Crippen molar-refractivity contribution in [2.24, 2.45) is 0 Å². The van der Waals surface area contributed by atoms with Crippen molar-refractivity contribution in [1.29, 1.82) is 0 Å². The number of nitro groups is 1. The first-order chi connectivity index (χ1) is 10.2. The van der Waals surface area contributed by atoms with Crippen LogP contribution in [0.15, 0.2) is 23.8 Å². The summed E-state index contributed by atoms with van der Waals surface area (Å²) in [6.07, 6.45) is 3.16. The Morgan fingerprint density at radius 1 is 1.43 bits per heavy atom. The Balaban J connectivity index is 2.34. The lowest BCUT2D eigenvalue weighted by Crippen LogP contribution is -2.13. The highest BCUT2D eigenvalue weighted by Crippen LogP contribution is 2.33. The Morgan fingerprint density at radius 2 is 2.19 bits per heavy atom. The van der Waals surface area contributed by atoms with Crippen LogP contribution in [-0.2, 0) is 0 Å². The van der Waals surface area contributed by atoms with Crippen molar-refractivity contribution in [3.8, 4) is 0 Å². The topological polar surface area (TPSA) is 93.0 Å². The molecule has 0 amide bonds. The first-order valence-corrected chi connectivity index (χ1v) is 7.52. The van der Waals surface area contributed by atoms with Crippen LogP contribution in [0.3, 0.4) is 0 Å². The monoisotopic (exact) mass is 307 g/mol. The molecule has 0 radical (unpaired) electrons. The standard InChI is InChI=1S/C13H17N5O2S/c1-3-5-9(10-6-4-7-21-10)17-13-11(18(19)20)12(14-2)15-8-16-13/h4,6-9H,3,5H2,1-2H3,(H2,14,15,16,17). The molecular weight excluding hydrogens is 290 g/mol. The highest BCUT2D eigenvalue weighted by molar-refractivity contribution is 7.10. The summed E-state index contributed by atoms with van der Waals surface area (Å²) >= 11 is 1.62. The van der Waals surface area contributed by atoms with E-state index in [2.05, 4.69) is 27.5 Å². The number of nitrogens with zero attached hydrogens (tertiary/aromatic N) is 3. The maximum atomic E-state index is 11.3. The second-order valence-corrected chi connectivity index (χ2v) is 5.41. The molecule has 0 aromatic carbocycles. The van der Waals surface area contributed by atoms with Crippen molar-refractivity contribution in [3.05, 3.63) is 38.8 Å². The van der Waals surface area contributed by atoms with Gasteiger partial charge in [-0.05, 0) is 17.9 Å². The molecule has 0 bridgehead atoms. The van der Waals surface area contributed by atoms with Gasteiger partial charge in [0.1, 0.15) is 6.33 Å². The summed E-state index contributed by atoms with van der Waals surface area (Å²) in [4.78, 5) is 19.9. The SMILES string of the molecule is CCCC(Nc1ncnc(NC)c1[N+](=O)[O-])c1cccs1. The summed E-state index contributed by atoms with van der Waals surface area (Å²) in [7, 11) is 1.60. The first-order valence-electron chi connectivity index (χ1n) is 6.64. The number of anilines is 2. The third-order valence-corrected chi connectivity index (χ3v) is 4.00. The number of aromatic nitrogens is 2. The van der Waals surface area contributed by atoms with E-state index in [0.29, 0.717) is 0 Å². The summed E-state index contributed by atoms with van der Waals surface area (Å²) in [6.45, 7) is 2.08. The van der Waals surface area contributed by atoms with Gasteiger partial charge in [-0.3, -0.25) is 10.1 Å². The molecule has 2 aromatic rings. The largest absolute Gasteiger partial charge is 0.367 e. The average molecular weight is 307 g/mol. The summed E-state index contributed by atoms with van der Waals surface area (Å²) in [5.41, 5.74) is -0.127. The van der Waals surface area contributed by atoms with E-state index in [1.54, 1.807) is 18.4 Å². The Morgan fingerprint density at radius 3 is 2.76 bits per heavy atom. The molecule has 8 heteroatoms. The zero-order valence-electron chi connectivity index (χ0n) is 11.9. The molecule has 0 fully saturated rings. The van der Waals surface area contributed by atoms with Gasteiger partial charge in [0.05, 0.1) is 11.0 Å². The number of thiophene rings is 1. The van der Waals surface area contributed by atoms with Gasteiger partial charge in [0, 0.05) is 11.9 Å². The second-order valence-electron chi connectivity index (χ2n) is 4.43. The van der Waals surface area contributed by atoms with E-state index in [-0.39, 0.29) is 23.4 Å². The minimum atomic E-state index is -0.467. The van der Waals surface area contributed by atoms with Gasteiger partial charge in [0.2, 0.25) is 11.6 Å². The minimum absolute atomic E-state index is 0.00769. The molecule has 0 saturated carbocycles. The Hall–Kier alpha value is -2.22. The summed E-state index contributed by atoms with van der Waals surface area (Å²) in [6, 6.07) is 4.00. The van der Waals surface area contributed by atoms with E-state index in [1.165, 1.54) is 6.33 Å². The van der Waals surface area contributed by atoms with Gasteiger partial charge in [-0.25, -0.2) is 9.97 Å². The van der Waals surface area contributed by atoms with E-state index >= 15 is 0 Å². The first kappa shape index (κ1) is 15.2. The third kappa shape index (κ3) is 3.46. The molecule has 0 aliphatic heterocycles. The van der Waals surface area contributed by atoms with Gasteiger partial charge >= 0.3 is 5.69 Å². The zero-order valence-corrected chi connectivity index (χ0v) is 12.7. The number of nitrogens with one attached hydrogen (secondary N) is 2. The van der Waals surface area contributed by atoms with E-state index in [1.807, 2.05) is 17.5 Å². The zero-order chi connectivity index (χ0) is 15.2. The predicted octanol–water partition coefficient (Wildman–Crippen LogP) is 3.44. The average Bonchev–Trinajstić information content (AvgIpc) is 3.00. The smallest absolute Gasteiger partial charge is 0.353 e. The quantitative estimate of drug-likeness (QED) is 0.601. The van der Waals surface area contributed by atoms with Crippen molar-refractivity contribution in [2.45, 2.75) is 25.8 Å². The molecule has 0 aliphatic rings. The maximum absolute atomic E-state index is 11.3. The highest BCUT2D eigenvalue weighted by atomic mass is 32.1. The maximum Gasteiger partial charge on any atom is 0.353 e.